The largest absolute Gasteiger partial charge is 0.342 e. The average Bonchev–Trinajstić information content (AvgIpc) is 1.83. The van der Waals surface area contributed by atoms with Crippen molar-refractivity contribution < 1.29 is 20.4 Å². The van der Waals surface area contributed by atoms with Gasteiger partial charge in [0.05, 0.1) is 0 Å². The highest BCUT2D eigenvalue weighted by Crippen LogP contribution is 1.86. The van der Waals surface area contributed by atoms with Crippen molar-refractivity contribution in [1.29, 1.82) is 0 Å². The Labute approximate surface area is 47.5 Å². The lowest BCUT2D eigenvalue weighted by atomic mass is 10.3. The number of rotatable bonds is 2. The minimum Gasteiger partial charge on any atom is -0.301 e. The zero-order valence-electron chi connectivity index (χ0n) is 7.76. The molecule has 0 radical (unpaired) electrons. The van der Waals surface area contributed by atoms with Crippen molar-refractivity contribution in [2.45, 2.75) is 19.7 Å². The Kier molecular flexibility index (Phi) is 1.10. The Morgan fingerprint density at radius 1 is 2.14 bits per heavy atom. The Morgan fingerprint density at radius 3 is 2.86 bits per heavy atom. The molecule has 0 aromatic rings. The lowest BCUT2D eigenvalue weighted by Crippen LogP contribution is -1.97. The molecule has 0 unspecified atom stereocenters. The minimum absolute atomic E-state index is 0.879. The van der Waals surface area contributed by atoms with Crippen LogP contribution in [0.2, 0.25) is 0 Å². The molecule has 7 heavy (non-hydrogen) atoms. The molecule has 0 amide bonds. The summed E-state index contributed by atoms with van der Waals surface area (Å²) < 4.78 is 27.4. The van der Waals surface area contributed by atoms with Crippen LogP contribution in [-0.2, 0) is 9.68 Å². The van der Waals surface area contributed by atoms with Crippen molar-refractivity contribution in [3.63, 3.8) is 0 Å². The van der Waals surface area contributed by atoms with Gasteiger partial charge in [0.25, 0.3) is 0 Å². The molecule has 0 atom stereocenters. The molecular weight excluding hydrogens is 96.0 g/mol. The first-order valence-corrected chi connectivity index (χ1v) is 1.59. The standard InChI is InChI=1S/C4H8O3/c1-2-3-4(5)7-6/h6H,2-3H2,1H3/i2D2,3D2. The van der Waals surface area contributed by atoms with Gasteiger partial charge in [-0.25, -0.2) is 4.79 Å². The summed E-state index contributed by atoms with van der Waals surface area (Å²) in [5.41, 5.74) is 0. The molecule has 3 heteroatoms. The summed E-state index contributed by atoms with van der Waals surface area (Å²) in [4.78, 5) is 13.5. The maximum atomic E-state index is 10.4. The summed E-state index contributed by atoms with van der Waals surface area (Å²) in [7, 11) is 0. The quantitative estimate of drug-likeness (QED) is 0.420. The van der Waals surface area contributed by atoms with Crippen LogP contribution in [-0.4, -0.2) is 11.2 Å². The van der Waals surface area contributed by atoms with Crippen molar-refractivity contribution in [1.82, 2.24) is 0 Å². The fraction of sp³-hybridized carbons (Fsp3) is 0.750. The van der Waals surface area contributed by atoms with Crippen LogP contribution in [0, 0.1) is 0 Å². The van der Waals surface area contributed by atoms with Crippen LogP contribution in [0.15, 0.2) is 0 Å². The molecule has 0 aliphatic rings. The number of hydrogen-bond donors (Lipinski definition) is 1. The Balaban J connectivity index is 4.59. The highest BCUT2D eigenvalue weighted by molar-refractivity contribution is 5.68. The van der Waals surface area contributed by atoms with Crippen molar-refractivity contribution in [3.8, 4) is 0 Å². The predicted octanol–water partition coefficient (Wildman–Crippen LogP) is 0.803. The Hall–Kier alpha value is -0.570. The molecule has 1 N–H and O–H groups in total. The van der Waals surface area contributed by atoms with E-state index in [0.717, 1.165) is 6.92 Å². The van der Waals surface area contributed by atoms with Gasteiger partial charge >= 0.3 is 5.97 Å². The number of hydrogen-bond acceptors (Lipinski definition) is 3. The van der Waals surface area contributed by atoms with Crippen LogP contribution in [0.5, 0.6) is 0 Å². The first kappa shape index (κ1) is 2.13. The smallest absolute Gasteiger partial charge is 0.301 e. The van der Waals surface area contributed by atoms with E-state index in [2.05, 4.69) is 4.89 Å². The molecule has 0 aromatic heterocycles. The molecule has 0 aliphatic carbocycles. The highest BCUT2D eigenvalue weighted by atomic mass is 17.1. The molecule has 42 valence electrons. The molecule has 0 heterocycles. The molecule has 0 saturated heterocycles. The van der Waals surface area contributed by atoms with Gasteiger partial charge in [-0.05, 0) is 6.37 Å². The zero-order valence-corrected chi connectivity index (χ0v) is 3.76. The topological polar surface area (TPSA) is 46.5 Å². The Morgan fingerprint density at radius 2 is 2.71 bits per heavy atom. The summed E-state index contributed by atoms with van der Waals surface area (Å²) in [6.45, 7) is 0.879. The lowest BCUT2D eigenvalue weighted by molar-refractivity contribution is -0.234. The normalized spacial score (nSPS) is 20.9. The summed E-state index contributed by atoms with van der Waals surface area (Å²) in [5.74, 6) is -1.63. The van der Waals surface area contributed by atoms with E-state index in [1.807, 2.05) is 0 Å². The number of carbonyl (C=O) groups excluding carboxylic acids is 1. The van der Waals surface area contributed by atoms with Gasteiger partial charge in [0.2, 0.25) is 0 Å². The van der Waals surface area contributed by atoms with Gasteiger partial charge in [-0.15, -0.1) is 0 Å². The van der Waals surface area contributed by atoms with Gasteiger partial charge in [-0.3, -0.25) is 0 Å². The van der Waals surface area contributed by atoms with Crippen molar-refractivity contribution in [3.05, 3.63) is 0 Å². The van der Waals surface area contributed by atoms with Crippen LogP contribution in [0.1, 0.15) is 25.2 Å². The molecule has 0 bridgehead atoms. The first-order chi connectivity index (χ1) is 4.73. The molecule has 0 fully saturated rings. The van der Waals surface area contributed by atoms with E-state index in [-0.39, 0.29) is 0 Å². The van der Waals surface area contributed by atoms with Gasteiger partial charge in [0.15, 0.2) is 0 Å². The van der Waals surface area contributed by atoms with Crippen molar-refractivity contribution in [2.75, 3.05) is 0 Å². The van der Waals surface area contributed by atoms with E-state index in [4.69, 9.17) is 10.7 Å². The molecule has 0 spiro atoms. The summed E-state index contributed by atoms with van der Waals surface area (Å²) in [6, 6.07) is 0. The van der Waals surface area contributed by atoms with Gasteiger partial charge < -0.3 is 4.89 Å². The second kappa shape index (κ2) is 3.61. The monoisotopic (exact) mass is 108 g/mol. The van der Waals surface area contributed by atoms with Gasteiger partial charge in [0.1, 0.15) is 0 Å². The first-order valence-electron chi connectivity index (χ1n) is 3.59. The fourth-order valence-corrected chi connectivity index (χ4v) is 0.125. The lowest BCUT2D eigenvalue weighted by Gasteiger charge is -1.87. The highest BCUT2D eigenvalue weighted by Gasteiger charge is 1.95. The predicted molar refractivity (Wildman–Crippen MR) is 23.6 cm³/mol. The average molecular weight is 108 g/mol. The third-order valence-electron chi connectivity index (χ3n) is 0.310. The van der Waals surface area contributed by atoms with E-state index in [0.29, 0.717) is 0 Å². The second-order valence-electron chi connectivity index (χ2n) is 0.754. The van der Waals surface area contributed by atoms with Crippen molar-refractivity contribution in [2.24, 2.45) is 0 Å². The third-order valence-corrected chi connectivity index (χ3v) is 0.310. The summed E-state index contributed by atoms with van der Waals surface area (Å²) >= 11 is 0. The van der Waals surface area contributed by atoms with E-state index < -0.39 is 18.7 Å². The minimum atomic E-state index is -2.83. The van der Waals surface area contributed by atoms with Crippen LogP contribution in [0.4, 0.5) is 0 Å². The van der Waals surface area contributed by atoms with Crippen LogP contribution in [0.25, 0.3) is 0 Å². The van der Waals surface area contributed by atoms with E-state index in [9.17, 15) is 4.79 Å². The molecule has 0 saturated carbocycles. The molecule has 0 aromatic carbocycles. The molecule has 3 nitrogen and oxygen atoms in total. The van der Waals surface area contributed by atoms with Crippen LogP contribution < -0.4 is 0 Å². The molecule has 0 rings (SSSR count). The summed E-state index contributed by atoms with van der Waals surface area (Å²) in [6.07, 6.45) is -5.21. The number of carbonyl (C=O) groups is 1. The van der Waals surface area contributed by atoms with Crippen molar-refractivity contribution >= 4 is 5.97 Å². The van der Waals surface area contributed by atoms with E-state index in [1.54, 1.807) is 0 Å². The molecule has 0 aliphatic heterocycles. The van der Waals surface area contributed by atoms with Gasteiger partial charge in [-0.2, -0.15) is 5.26 Å². The SMILES string of the molecule is [2H]C([2H])(C)C([2H])([2H])C(=O)OO. The fourth-order valence-electron chi connectivity index (χ4n) is 0.125. The maximum Gasteiger partial charge on any atom is 0.342 e. The van der Waals surface area contributed by atoms with Crippen LogP contribution >= 0.6 is 0 Å². The second-order valence-corrected chi connectivity index (χ2v) is 0.754. The zero-order chi connectivity index (χ0) is 9.28. The summed E-state index contributed by atoms with van der Waals surface area (Å²) in [5, 5.41) is 7.78. The van der Waals surface area contributed by atoms with Gasteiger partial charge in [0, 0.05) is 11.9 Å². The van der Waals surface area contributed by atoms with Gasteiger partial charge in [-0.1, -0.05) is 6.92 Å². The molecular formula is C4H8O3. The maximum absolute atomic E-state index is 10.4. The van der Waals surface area contributed by atoms with Crippen LogP contribution in [0.3, 0.4) is 0 Å². The third kappa shape index (κ3) is 3.26. The van der Waals surface area contributed by atoms with E-state index in [1.165, 1.54) is 0 Å². The Bertz CT molecular complexity index is 161. The van der Waals surface area contributed by atoms with E-state index >= 15 is 0 Å².